The molecule has 0 bridgehead atoms. The van der Waals surface area contributed by atoms with Gasteiger partial charge in [-0.3, -0.25) is 4.79 Å². The first-order chi connectivity index (χ1) is 8.67. The lowest BCUT2D eigenvalue weighted by molar-refractivity contribution is -0.870. The van der Waals surface area contributed by atoms with Crippen LogP contribution in [0.5, 0.6) is 0 Å². The van der Waals surface area contributed by atoms with Crippen LogP contribution in [0.4, 0.5) is 0 Å². The van der Waals surface area contributed by atoms with Crippen LogP contribution in [0.1, 0.15) is 31.6 Å². The van der Waals surface area contributed by atoms with E-state index in [1.807, 2.05) is 0 Å². The molecule has 0 unspecified atom stereocenters. The number of halogens is 1. The molecule has 0 aliphatic rings. The molecule has 1 N–H and O–H groups in total. The van der Waals surface area contributed by atoms with Crippen molar-refractivity contribution in [2.24, 2.45) is 0 Å². The van der Waals surface area contributed by atoms with Crippen LogP contribution < -0.4 is 12.4 Å². The number of carboxylic acids is 1. The van der Waals surface area contributed by atoms with Gasteiger partial charge in [0.2, 0.25) is 0 Å². The summed E-state index contributed by atoms with van der Waals surface area (Å²) in [4.78, 5) is 10.4. The van der Waals surface area contributed by atoms with Gasteiger partial charge in [0.25, 0.3) is 0 Å². The molecule has 3 nitrogen and oxygen atoms in total. The maximum atomic E-state index is 10.4. The van der Waals surface area contributed by atoms with E-state index >= 15 is 0 Å². The smallest absolute Gasteiger partial charge is 0.303 e. The van der Waals surface area contributed by atoms with Gasteiger partial charge in [0.1, 0.15) is 0 Å². The molecular weight excluding hydrogens is 178 g/mol. The second-order valence-corrected chi connectivity index (χ2v) is 2.38. The van der Waals surface area contributed by atoms with Crippen LogP contribution in [0.25, 0.3) is 0 Å². The molecule has 0 rings (SSSR count). The number of aliphatic carboxylic acids is 1. The Balaban J connectivity index is 0. The highest BCUT2D eigenvalue weighted by Crippen LogP contribution is 1.99. The monoisotopic (exact) mass is 204 g/mol. The third kappa shape index (κ3) is 12.4. The topological polar surface area (TPSA) is 37.3 Å². The number of carboxylic acid groups (broad SMARTS) is 1. The molecule has 0 atom stereocenters. The van der Waals surface area contributed by atoms with Crippen LogP contribution in [-0.2, 0) is 4.79 Å². The van der Waals surface area contributed by atoms with E-state index in [1.165, 1.54) is 0 Å². The first kappa shape index (κ1) is 3.84. The van der Waals surface area contributed by atoms with E-state index < -0.39 is 37.9 Å². The zero-order valence-corrected chi connectivity index (χ0v) is 7.26. The van der Waals surface area contributed by atoms with Crippen molar-refractivity contribution in [1.82, 2.24) is 0 Å². The summed E-state index contributed by atoms with van der Waals surface area (Å²) < 4.78 is 64.0. The van der Waals surface area contributed by atoms with Gasteiger partial charge in [-0.05, 0) is 12.8 Å². The maximum absolute atomic E-state index is 10.4. The summed E-state index contributed by atoms with van der Waals surface area (Å²) in [5.74, 6) is -1.11. The predicted octanol–water partition coefficient (Wildman–Crippen LogP) is -2.05. The molecule has 0 aromatic carbocycles. The molecule has 0 fully saturated rings. The minimum Gasteiger partial charge on any atom is -1.00 e. The molecule has 0 saturated carbocycles. The minimum absolute atomic E-state index is 0. The second kappa shape index (κ2) is 6.26. The lowest BCUT2D eigenvalue weighted by Crippen LogP contribution is -3.00. The number of hydrogen-bond acceptors (Lipinski definition) is 1. The Morgan fingerprint density at radius 3 is 2.42 bits per heavy atom. The van der Waals surface area contributed by atoms with Gasteiger partial charge in [-0.25, -0.2) is 0 Å². The highest BCUT2D eigenvalue weighted by Gasteiger charge is 2.06. The van der Waals surface area contributed by atoms with E-state index in [-0.39, 0.29) is 31.7 Å². The number of quaternary nitrogens is 1. The normalized spacial score (nSPS) is 24.8. The van der Waals surface area contributed by atoms with Crippen molar-refractivity contribution in [3.63, 3.8) is 0 Å². The SMILES string of the molecule is [2H]C([2H])([2H])[N+](CCCCC(=O)O)(C([2H])([2H])[2H])C([2H])([2H])[2H].[Cl-]. The largest absolute Gasteiger partial charge is 1.00 e. The average Bonchev–Trinajstić information content (AvgIpc) is 2.09. The molecule has 4 heteroatoms. The summed E-state index contributed by atoms with van der Waals surface area (Å²) in [6.07, 6.45) is -0.387. The van der Waals surface area contributed by atoms with Crippen molar-refractivity contribution in [3.05, 3.63) is 0 Å². The number of carbonyl (C=O) groups is 1. The number of nitrogens with zero attached hydrogens (tertiary/aromatic N) is 1. The zero-order valence-electron chi connectivity index (χ0n) is 15.5. The summed E-state index contributed by atoms with van der Waals surface area (Å²) in [5.41, 5.74) is 0. The van der Waals surface area contributed by atoms with Crippen LogP contribution in [0.15, 0.2) is 0 Å². The van der Waals surface area contributed by atoms with Gasteiger partial charge in [0.05, 0.1) is 39.8 Å². The number of rotatable bonds is 5. The van der Waals surface area contributed by atoms with E-state index in [4.69, 9.17) is 17.4 Å². The molecule has 0 aromatic heterocycles. The Kier molecular flexibility index (Phi) is 2.00. The number of unbranched alkanes of at least 4 members (excludes halogenated alkanes) is 1. The second-order valence-electron chi connectivity index (χ2n) is 2.38. The fourth-order valence-electron chi connectivity index (χ4n) is 0.625. The van der Waals surface area contributed by atoms with E-state index in [1.54, 1.807) is 0 Å². The number of hydrogen-bond donors (Lipinski definition) is 1. The summed E-state index contributed by atoms with van der Waals surface area (Å²) in [6, 6.07) is 0. The molecule has 0 radical (unpaired) electrons. The summed E-state index contributed by atoms with van der Waals surface area (Å²) in [6.45, 7) is -10.5. The van der Waals surface area contributed by atoms with Crippen molar-refractivity contribution in [1.29, 1.82) is 0 Å². The quantitative estimate of drug-likeness (QED) is 0.414. The minimum atomic E-state index is -3.26. The molecule has 74 valence electrons. The van der Waals surface area contributed by atoms with E-state index in [0.717, 1.165) is 0 Å². The zero-order chi connectivity index (χ0) is 16.4. The van der Waals surface area contributed by atoms with Crippen LogP contribution in [0.2, 0.25) is 0 Å². The Labute approximate surface area is 93.0 Å². The summed E-state index contributed by atoms with van der Waals surface area (Å²) in [7, 11) is 0. The van der Waals surface area contributed by atoms with Gasteiger partial charge in [0, 0.05) is 6.42 Å². The predicted molar refractivity (Wildman–Crippen MR) is 44.4 cm³/mol. The third-order valence-corrected chi connectivity index (χ3v) is 1.13. The summed E-state index contributed by atoms with van der Waals surface area (Å²) >= 11 is 0. The molecule has 0 aliphatic carbocycles. The molecule has 0 saturated heterocycles. The van der Waals surface area contributed by atoms with Crippen LogP contribution in [-0.4, -0.2) is 43.0 Å². The van der Waals surface area contributed by atoms with Crippen LogP contribution in [0, 0.1) is 0 Å². The van der Waals surface area contributed by atoms with Crippen LogP contribution >= 0.6 is 0 Å². The van der Waals surface area contributed by atoms with Crippen molar-refractivity contribution >= 4 is 5.97 Å². The molecule has 0 aliphatic heterocycles. The Hall–Kier alpha value is -0.280. The van der Waals surface area contributed by atoms with Crippen molar-refractivity contribution < 1.29 is 39.1 Å². The maximum Gasteiger partial charge on any atom is 0.303 e. The van der Waals surface area contributed by atoms with Crippen molar-refractivity contribution in [2.45, 2.75) is 19.3 Å². The standard InChI is InChI=1S/C8H17NO2.ClH/c1-9(2,3)7-5-4-6-8(10)11;/h4-7H2,1-3H3;1H/i1D3,2D3,3D3;. The molecule has 12 heavy (non-hydrogen) atoms. The average molecular weight is 205 g/mol. The van der Waals surface area contributed by atoms with Gasteiger partial charge < -0.3 is 22.0 Å². The lowest BCUT2D eigenvalue weighted by Gasteiger charge is -2.23. The van der Waals surface area contributed by atoms with E-state index in [2.05, 4.69) is 0 Å². The molecule has 0 spiro atoms. The Morgan fingerprint density at radius 1 is 1.42 bits per heavy atom. The van der Waals surface area contributed by atoms with Gasteiger partial charge in [0.15, 0.2) is 0 Å². The third-order valence-electron chi connectivity index (χ3n) is 1.13. The van der Waals surface area contributed by atoms with Crippen molar-refractivity contribution in [2.75, 3.05) is 27.5 Å². The molecule has 0 amide bonds. The highest BCUT2D eigenvalue weighted by atomic mass is 35.5. The van der Waals surface area contributed by atoms with E-state index in [0.29, 0.717) is 0 Å². The van der Waals surface area contributed by atoms with Gasteiger partial charge in [-0.2, -0.15) is 0 Å². The van der Waals surface area contributed by atoms with Gasteiger partial charge in [-0.1, -0.05) is 0 Å². The van der Waals surface area contributed by atoms with Gasteiger partial charge >= 0.3 is 5.97 Å². The fraction of sp³-hybridized carbons (Fsp3) is 0.875. The molecule has 0 aromatic rings. The van der Waals surface area contributed by atoms with Crippen molar-refractivity contribution in [3.8, 4) is 0 Å². The first-order valence-corrected chi connectivity index (χ1v) is 3.27. The van der Waals surface area contributed by atoms with E-state index in [9.17, 15) is 4.79 Å². The van der Waals surface area contributed by atoms with Gasteiger partial charge in [-0.15, -0.1) is 0 Å². The lowest BCUT2D eigenvalue weighted by atomic mass is 10.2. The Bertz CT molecular complexity index is 313. The highest BCUT2D eigenvalue weighted by molar-refractivity contribution is 5.66. The summed E-state index contributed by atoms with van der Waals surface area (Å²) in [5, 5.41) is 8.48. The first-order valence-electron chi connectivity index (χ1n) is 7.77. The molecular formula is C8H18ClNO2. The fourth-order valence-corrected chi connectivity index (χ4v) is 0.625. The molecule has 0 heterocycles. The Morgan fingerprint density at radius 2 is 2.00 bits per heavy atom. The van der Waals surface area contributed by atoms with Crippen LogP contribution in [0.3, 0.4) is 0 Å².